The molecule has 0 atom stereocenters. The van der Waals surface area contributed by atoms with Crippen molar-refractivity contribution >= 4 is 38.9 Å². The highest BCUT2D eigenvalue weighted by molar-refractivity contribution is 7.92. The highest BCUT2D eigenvalue weighted by Crippen LogP contribution is 2.32. The molecular formula is C18H19ClN2O4S. The second-order valence-electron chi connectivity index (χ2n) is 6.09. The number of nitrogens with zero attached hydrogens (tertiary/aromatic N) is 1. The van der Waals surface area contributed by atoms with Crippen molar-refractivity contribution in [1.29, 1.82) is 0 Å². The van der Waals surface area contributed by atoms with Gasteiger partial charge in [-0.1, -0.05) is 23.7 Å². The number of carbonyl (C=O) groups excluding carboxylic acids is 1. The van der Waals surface area contributed by atoms with Gasteiger partial charge in [-0.05, 0) is 48.7 Å². The maximum absolute atomic E-state index is 12.7. The molecule has 0 saturated carbocycles. The van der Waals surface area contributed by atoms with Gasteiger partial charge in [-0.3, -0.25) is 9.52 Å². The quantitative estimate of drug-likeness (QED) is 0.845. The predicted molar refractivity (Wildman–Crippen MR) is 101 cm³/mol. The Morgan fingerprint density at radius 3 is 2.77 bits per heavy atom. The Bertz CT molecular complexity index is 960. The second-order valence-corrected chi connectivity index (χ2v) is 8.17. The summed E-state index contributed by atoms with van der Waals surface area (Å²) >= 11 is 5.94. The molecule has 0 fully saturated rings. The van der Waals surface area contributed by atoms with E-state index in [1.54, 1.807) is 36.1 Å². The molecule has 0 aliphatic carbocycles. The molecule has 2 aromatic rings. The van der Waals surface area contributed by atoms with Crippen molar-refractivity contribution in [2.75, 3.05) is 29.9 Å². The summed E-state index contributed by atoms with van der Waals surface area (Å²) in [6.07, 6.45) is 0.727. The first-order valence-corrected chi connectivity index (χ1v) is 9.89. The van der Waals surface area contributed by atoms with Crippen LogP contribution in [0.4, 0.5) is 11.4 Å². The largest absolute Gasteiger partial charge is 0.375 e. The van der Waals surface area contributed by atoms with E-state index in [-0.39, 0.29) is 17.4 Å². The van der Waals surface area contributed by atoms with Crippen LogP contribution in [0.5, 0.6) is 0 Å². The number of benzene rings is 2. The number of rotatable bonds is 5. The molecule has 0 bridgehead atoms. The maximum Gasteiger partial charge on any atom is 0.262 e. The molecule has 0 radical (unpaired) electrons. The van der Waals surface area contributed by atoms with Gasteiger partial charge in [0.25, 0.3) is 15.9 Å². The molecular weight excluding hydrogens is 376 g/mol. The molecule has 2 aromatic carbocycles. The van der Waals surface area contributed by atoms with Crippen molar-refractivity contribution in [2.24, 2.45) is 0 Å². The van der Waals surface area contributed by atoms with Crippen molar-refractivity contribution in [3.63, 3.8) is 0 Å². The zero-order chi connectivity index (χ0) is 18.9. The predicted octanol–water partition coefficient (Wildman–Crippen LogP) is 2.98. The highest BCUT2D eigenvalue weighted by Gasteiger charge is 2.25. The van der Waals surface area contributed by atoms with E-state index < -0.39 is 10.0 Å². The highest BCUT2D eigenvalue weighted by atomic mass is 35.5. The number of ether oxygens (including phenoxy) is 1. The summed E-state index contributed by atoms with van der Waals surface area (Å²) in [5.41, 5.74) is 2.69. The molecule has 138 valence electrons. The molecule has 6 nitrogen and oxygen atoms in total. The molecule has 0 spiro atoms. The van der Waals surface area contributed by atoms with E-state index in [4.69, 9.17) is 16.3 Å². The minimum Gasteiger partial charge on any atom is -0.375 e. The topological polar surface area (TPSA) is 75.7 Å². The third-order valence-electron chi connectivity index (χ3n) is 4.24. The number of aryl methyl sites for hydroxylation is 1. The van der Waals surface area contributed by atoms with E-state index in [2.05, 4.69) is 4.72 Å². The zero-order valence-electron chi connectivity index (χ0n) is 14.5. The number of hydrogen-bond acceptors (Lipinski definition) is 4. The van der Waals surface area contributed by atoms with E-state index in [0.29, 0.717) is 28.5 Å². The fourth-order valence-electron chi connectivity index (χ4n) is 2.98. The second kappa shape index (κ2) is 7.26. The molecule has 0 aromatic heterocycles. The molecule has 26 heavy (non-hydrogen) atoms. The lowest BCUT2D eigenvalue weighted by molar-refractivity contribution is -0.122. The van der Waals surface area contributed by atoms with Crippen LogP contribution in [0.3, 0.4) is 0 Å². The van der Waals surface area contributed by atoms with Crippen molar-refractivity contribution in [1.82, 2.24) is 0 Å². The van der Waals surface area contributed by atoms with Gasteiger partial charge >= 0.3 is 0 Å². The third kappa shape index (κ3) is 3.70. The van der Waals surface area contributed by atoms with E-state index in [0.717, 1.165) is 12.0 Å². The number of hydrogen-bond donors (Lipinski definition) is 1. The van der Waals surface area contributed by atoms with Gasteiger partial charge in [0.05, 0.1) is 10.6 Å². The third-order valence-corrected chi connectivity index (χ3v) is 6.00. The molecule has 0 saturated heterocycles. The number of carbonyl (C=O) groups is 1. The number of methoxy groups -OCH3 is 1. The van der Waals surface area contributed by atoms with Gasteiger partial charge in [0.2, 0.25) is 0 Å². The van der Waals surface area contributed by atoms with Crippen LogP contribution in [0, 0.1) is 6.92 Å². The van der Waals surface area contributed by atoms with E-state index in [9.17, 15) is 13.2 Å². The molecule has 3 rings (SSSR count). The summed E-state index contributed by atoms with van der Waals surface area (Å²) in [6, 6.07) is 9.92. The van der Waals surface area contributed by atoms with Crippen LogP contribution in [-0.2, 0) is 26.0 Å². The van der Waals surface area contributed by atoms with E-state index in [1.165, 1.54) is 13.2 Å². The number of fused-ring (bicyclic) bond motifs is 1. The lowest BCUT2D eigenvalue weighted by atomic mass is 10.1. The maximum atomic E-state index is 12.7. The average Bonchev–Trinajstić information content (AvgIpc) is 3.00. The molecule has 0 unspecified atom stereocenters. The Morgan fingerprint density at radius 1 is 1.27 bits per heavy atom. The minimum absolute atomic E-state index is 0.0168. The Labute approximate surface area is 157 Å². The Kier molecular flexibility index (Phi) is 5.22. The molecule has 1 N–H and O–H groups in total. The summed E-state index contributed by atoms with van der Waals surface area (Å²) in [5, 5.41) is 0.348. The van der Waals surface area contributed by atoms with Crippen LogP contribution in [0.15, 0.2) is 41.3 Å². The number of anilines is 2. The smallest absolute Gasteiger partial charge is 0.262 e. The number of amides is 1. The first-order chi connectivity index (χ1) is 12.3. The summed E-state index contributed by atoms with van der Waals surface area (Å²) in [6.45, 7) is 2.25. The Hall–Kier alpha value is -2.09. The lowest BCUT2D eigenvalue weighted by Gasteiger charge is -2.18. The van der Waals surface area contributed by atoms with E-state index in [1.807, 2.05) is 6.07 Å². The van der Waals surface area contributed by atoms with E-state index >= 15 is 0 Å². The van der Waals surface area contributed by atoms with Crippen LogP contribution in [0.1, 0.15) is 11.1 Å². The first-order valence-electron chi connectivity index (χ1n) is 8.03. The van der Waals surface area contributed by atoms with Gasteiger partial charge in [0.1, 0.15) is 6.61 Å². The summed E-state index contributed by atoms with van der Waals surface area (Å²) in [4.78, 5) is 13.9. The summed E-state index contributed by atoms with van der Waals surface area (Å²) in [5.74, 6) is -0.156. The molecule has 1 aliphatic rings. The fourth-order valence-corrected chi connectivity index (χ4v) is 4.53. The minimum atomic E-state index is -3.79. The van der Waals surface area contributed by atoms with Gasteiger partial charge in [-0.2, -0.15) is 0 Å². The molecule has 1 heterocycles. The number of halogens is 1. The normalized spacial score (nSPS) is 13.6. The van der Waals surface area contributed by atoms with Crippen LogP contribution in [0.25, 0.3) is 0 Å². The van der Waals surface area contributed by atoms with Gasteiger partial charge in [-0.25, -0.2) is 8.42 Å². The van der Waals surface area contributed by atoms with Crippen molar-refractivity contribution in [3.8, 4) is 0 Å². The number of nitrogens with one attached hydrogen (secondary N) is 1. The van der Waals surface area contributed by atoms with Gasteiger partial charge in [0, 0.05) is 24.4 Å². The number of sulfonamides is 1. The lowest BCUT2D eigenvalue weighted by Crippen LogP contribution is -2.32. The Balaban J connectivity index is 1.91. The van der Waals surface area contributed by atoms with Crippen molar-refractivity contribution in [3.05, 3.63) is 52.5 Å². The van der Waals surface area contributed by atoms with Crippen LogP contribution in [0.2, 0.25) is 5.02 Å². The first kappa shape index (κ1) is 18.7. The summed E-state index contributed by atoms with van der Waals surface area (Å²) < 4.78 is 32.9. The zero-order valence-corrected chi connectivity index (χ0v) is 16.0. The fraction of sp³-hybridized carbons (Fsp3) is 0.278. The van der Waals surface area contributed by atoms with Gasteiger partial charge in [-0.15, -0.1) is 0 Å². The average molecular weight is 395 g/mol. The monoisotopic (exact) mass is 394 g/mol. The Morgan fingerprint density at radius 2 is 2.04 bits per heavy atom. The van der Waals surface area contributed by atoms with Crippen LogP contribution >= 0.6 is 11.6 Å². The SMILES string of the molecule is COCC(=O)N1CCc2ccc(NS(=O)(=O)c3cc(Cl)ccc3C)cc21. The summed E-state index contributed by atoms with van der Waals surface area (Å²) in [7, 11) is -2.33. The van der Waals surface area contributed by atoms with Crippen LogP contribution in [-0.4, -0.2) is 34.6 Å². The van der Waals surface area contributed by atoms with Crippen molar-refractivity contribution in [2.45, 2.75) is 18.2 Å². The molecule has 1 amide bonds. The van der Waals surface area contributed by atoms with Crippen LogP contribution < -0.4 is 9.62 Å². The van der Waals surface area contributed by atoms with Gasteiger partial charge in [0.15, 0.2) is 0 Å². The molecule has 1 aliphatic heterocycles. The van der Waals surface area contributed by atoms with Gasteiger partial charge < -0.3 is 9.64 Å². The molecule has 8 heteroatoms. The standard InChI is InChI=1S/C18H19ClN2O4S/c1-12-3-5-14(19)9-17(12)26(23,24)20-15-6-4-13-7-8-21(16(13)10-15)18(22)11-25-2/h3-6,9-10,20H,7-8,11H2,1-2H3. The van der Waals surface area contributed by atoms with Crippen molar-refractivity contribution < 1.29 is 17.9 Å².